The van der Waals surface area contributed by atoms with Crippen LogP contribution in [-0.4, -0.2) is 0 Å². The standard InChI is InChI=1S/C32H22/c1-2-8-23(9-3-1)25-11-6-12-26(20-25)27-13-7-14-28(21-27)29-18-19-32-30(22-29)17-16-24-10-4-5-15-31(24)32/h1-22H. The second-order valence-corrected chi connectivity index (χ2v) is 8.25. The molecule has 6 aromatic carbocycles. The lowest BCUT2D eigenvalue weighted by molar-refractivity contribution is 1.58. The van der Waals surface area contributed by atoms with E-state index in [1.807, 2.05) is 0 Å². The predicted molar refractivity (Wildman–Crippen MR) is 138 cm³/mol. The number of benzene rings is 6. The summed E-state index contributed by atoms with van der Waals surface area (Å²) in [5, 5.41) is 5.17. The zero-order valence-electron chi connectivity index (χ0n) is 17.7. The van der Waals surface area contributed by atoms with Gasteiger partial charge in [0.25, 0.3) is 0 Å². The minimum absolute atomic E-state index is 1.24. The van der Waals surface area contributed by atoms with Crippen molar-refractivity contribution in [2.75, 3.05) is 0 Å². The summed E-state index contributed by atoms with van der Waals surface area (Å²) in [5.41, 5.74) is 7.44. The monoisotopic (exact) mass is 406 g/mol. The van der Waals surface area contributed by atoms with Crippen LogP contribution in [-0.2, 0) is 0 Å². The van der Waals surface area contributed by atoms with Gasteiger partial charge in [-0.2, -0.15) is 0 Å². The van der Waals surface area contributed by atoms with Crippen molar-refractivity contribution in [3.05, 3.63) is 133 Å². The summed E-state index contributed by atoms with van der Waals surface area (Å²) < 4.78 is 0. The van der Waals surface area contributed by atoms with Crippen molar-refractivity contribution in [3.63, 3.8) is 0 Å². The van der Waals surface area contributed by atoms with E-state index in [-0.39, 0.29) is 0 Å². The molecule has 32 heavy (non-hydrogen) atoms. The molecule has 0 saturated heterocycles. The summed E-state index contributed by atoms with van der Waals surface area (Å²) in [6.07, 6.45) is 0. The first-order valence-electron chi connectivity index (χ1n) is 11.0. The lowest BCUT2D eigenvalue weighted by atomic mass is 9.94. The predicted octanol–water partition coefficient (Wildman–Crippen LogP) is 8.99. The highest BCUT2D eigenvalue weighted by Crippen LogP contribution is 2.32. The van der Waals surface area contributed by atoms with E-state index >= 15 is 0 Å². The first-order chi connectivity index (χ1) is 15.8. The van der Waals surface area contributed by atoms with Crippen LogP contribution < -0.4 is 0 Å². The Morgan fingerprint density at radius 2 is 0.750 bits per heavy atom. The van der Waals surface area contributed by atoms with Gasteiger partial charge in [-0.3, -0.25) is 0 Å². The maximum Gasteiger partial charge on any atom is -0.0105 e. The molecule has 6 aromatic rings. The van der Waals surface area contributed by atoms with Gasteiger partial charge in [0, 0.05) is 0 Å². The third-order valence-corrected chi connectivity index (χ3v) is 6.24. The van der Waals surface area contributed by atoms with Crippen LogP contribution >= 0.6 is 0 Å². The van der Waals surface area contributed by atoms with Gasteiger partial charge in [0.2, 0.25) is 0 Å². The molecule has 0 aliphatic rings. The van der Waals surface area contributed by atoms with E-state index in [9.17, 15) is 0 Å². The van der Waals surface area contributed by atoms with Gasteiger partial charge in [0.05, 0.1) is 0 Å². The molecule has 150 valence electrons. The van der Waals surface area contributed by atoms with Crippen LogP contribution in [0.1, 0.15) is 0 Å². The van der Waals surface area contributed by atoms with Gasteiger partial charge in [-0.1, -0.05) is 115 Å². The molecule has 0 heteroatoms. The fourth-order valence-electron chi connectivity index (χ4n) is 4.58. The van der Waals surface area contributed by atoms with Crippen molar-refractivity contribution < 1.29 is 0 Å². The van der Waals surface area contributed by atoms with Gasteiger partial charge >= 0.3 is 0 Å². The Hall–Kier alpha value is -4.16. The zero-order chi connectivity index (χ0) is 21.3. The molecule has 0 saturated carbocycles. The van der Waals surface area contributed by atoms with Crippen LogP contribution in [0.25, 0.3) is 54.9 Å². The highest BCUT2D eigenvalue weighted by molar-refractivity contribution is 6.08. The maximum absolute atomic E-state index is 2.31. The second kappa shape index (κ2) is 7.83. The minimum atomic E-state index is 1.24. The smallest absolute Gasteiger partial charge is 0.0105 e. The first kappa shape index (κ1) is 18.6. The Labute approximate surface area is 188 Å². The van der Waals surface area contributed by atoms with Crippen molar-refractivity contribution >= 4 is 21.5 Å². The summed E-state index contributed by atoms with van der Waals surface area (Å²) in [7, 11) is 0. The number of hydrogen-bond donors (Lipinski definition) is 0. The van der Waals surface area contributed by atoms with Crippen LogP contribution in [0.2, 0.25) is 0 Å². The average molecular weight is 407 g/mol. The molecular weight excluding hydrogens is 384 g/mol. The Kier molecular flexibility index (Phi) is 4.55. The van der Waals surface area contributed by atoms with Gasteiger partial charge in [-0.15, -0.1) is 0 Å². The van der Waals surface area contributed by atoms with Crippen LogP contribution in [0.15, 0.2) is 133 Å². The summed E-state index contributed by atoms with van der Waals surface area (Å²) >= 11 is 0. The summed E-state index contributed by atoms with van der Waals surface area (Å²) in [5.74, 6) is 0. The first-order valence-corrected chi connectivity index (χ1v) is 11.0. The Morgan fingerprint density at radius 3 is 1.47 bits per heavy atom. The molecule has 0 nitrogen and oxygen atoms in total. The Morgan fingerprint density at radius 1 is 0.250 bits per heavy atom. The van der Waals surface area contributed by atoms with Gasteiger partial charge < -0.3 is 0 Å². The highest BCUT2D eigenvalue weighted by atomic mass is 14.1. The molecule has 0 heterocycles. The van der Waals surface area contributed by atoms with Gasteiger partial charge in [0.1, 0.15) is 0 Å². The molecule has 0 fully saturated rings. The lowest BCUT2D eigenvalue weighted by Gasteiger charge is -2.10. The molecule has 0 unspecified atom stereocenters. The van der Waals surface area contributed by atoms with Gasteiger partial charge in [-0.25, -0.2) is 0 Å². The summed E-state index contributed by atoms with van der Waals surface area (Å²) in [6.45, 7) is 0. The minimum Gasteiger partial charge on any atom is -0.0622 e. The average Bonchev–Trinajstić information content (AvgIpc) is 2.89. The lowest BCUT2D eigenvalue weighted by Crippen LogP contribution is -1.84. The van der Waals surface area contributed by atoms with Crippen LogP contribution in [0, 0.1) is 0 Å². The quantitative estimate of drug-likeness (QED) is 0.257. The van der Waals surface area contributed by atoms with E-state index in [4.69, 9.17) is 0 Å². The molecule has 0 aromatic heterocycles. The van der Waals surface area contributed by atoms with E-state index in [0.29, 0.717) is 0 Å². The third-order valence-electron chi connectivity index (χ3n) is 6.24. The maximum atomic E-state index is 2.31. The molecule has 0 spiro atoms. The Bertz CT molecular complexity index is 1560. The molecule has 0 N–H and O–H groups in total. The molecule has 6 rings (SSSR count). The molecular formula is C32H22. The second-order valence-electron chi connectivity index (χ2n) is 8.25. The number of hydrogen-bond acceptors (Lipinski definition) is 0. The largest absolute Gasteiger partial charge is 0.0622 e. The van der Waals surface area contributed by atoms with E-state index < -0.39 is 0 Å². The zero-order valence-corrected chi connectivity index (χ0v) is 17.7. The Balaban J connectivity index is 1.41. The summed E-state index contributed by atoms with van der Waals surface area (Å²) in [6, 6.07) is 48.1. The van der Waals surface area contributed by atoms with Crippen molar-refractivity contribution in [1.29, 1.82) is 0 Å². The van der Waals surface area contributed by atoms with E-state index in [1.54, 1.807) is 0 Å². The van der Waals surface area contributed by atoms with E-state index in [1.165, 1.54) is 54.9 Å². The number of fused-ring (bicyclic) bond motifs is 3. The molecule has 0 aliphatic carbocycles. The molecule has 0 bridgehead atoms. The highest BCUT2D eigenvalue weighted by Gasteiger charge is 2.06. The molecule has 0 atom stereocenters. The van der Waals surface area contributed by atoms with Gasteiger partial charge in [-0.05, 0) is 73.1 Å². The van der Waals surface area contributed by atoms with Crippen molar-refractivity contribution in [3.8, 4) is 33.4 Å². The van der Waals surface area contributed by atoms with Crippen LogP contribution in [0.4, 0.5) is 0 Å². The van der Waals surface area contributed by atoms with Crippen LogP contribution in [0.3, 0.4) is 0 Å². The van der Waals surface area contributed by atoms with E-state index in [2.05, 4.69) is 133 Å². The molecule has 0 radical (unpaired) electrons. The fraction of sp³-hybridized carbons (Fsp3) is 0. The van der Waals surface area contributed by atoms with E-state index in [0.717, 1.165) is 0 Å². The van der Waals surface area contributed by atoms with Crippen molar-refractivity contribution in [1.82, 2.24) is 0 Å². The van der Waals surface area contributed by atoms with Crippen molar-refractivity contribution in [2.24, 2.45) is 0 Å². The normalized spacial score (nSPS) is 11.1. The molecule has 0 aliphatic heterocycles. The van der Waals surface area contributed by atoms with Gasteiger partial charge in [0.15, 0.2) is 0 Å². The topological polar surface area (TPSA) is 0 Å². The number of rotatable bonds is 3. The SMILES string of the molecule is c1ccc(-c2cccc(-c3cccc(-c4ccc5c(ccc6ccccc65)c4)c3)c2)cc1. The van der Waals surface area contributed by atoms with Crippen molar-refractivity contribution in [2.45, 2.75) is 0 Å². The fourth-order valence-corrected chi connectivity index (χ4v) is 4.58. The summed E-state index contributed by atoms with van der Waals surface area (Å²) in [4.78, 5) is 0. The van der Waals surface area contributed by atoms with Crippen LogP contribution in [0.5, 0.6) is 0 Å². The third kappa shape index (κ3) is 3.36. The molecule has 0 amide bonds.